The van der Waals surface area contributed by atoms with E-state index in [1.165, 1.54) is 4.90 Å². The molecule has 3 aromatic carbocycles. The fourth-order valence-corrected chi connectivity index (χ4v) is 3.08. The maximum Gasteiger partial charge on any atom is 0.339 e. The molecular formula is C26H25NO4. The Morgan fingerprint density at radius 2 is 1.48 bits per heavy atom. The molecule has 3 rings (SSSR count). The van der Waals surface area contributed by atoms with Crippen LogP contribution in [0.25, 0.3) is 11.6 Å². The summed E-state index contributed by atoms with van der Waals surface area (Å²) in [5, 5.41) is 0. The molecule has 0 unspecified atom stereocenters. The van der Waals surface area contributed by atoms with Crippen molar-refractivity contribution in [3.63, 3.8) is 0 Å². The van der Waals surface area contributed by atoms with Crippen molar-refractivity contribution >= 4 is 23.5 Å². The van der Waals surface area contributed by atoms with Gasteiger partial charge >= 0.3 is 5.97 Å². The first-order valence-electron chi connectivity index (χ1n) is 9.93. The number of benzene rings is 3. The number of esters is 1. The number of hydrogen-bond donors (Lipinski definition) is 0. The summed E-state index contributed by atoms with van der Waals surface area (Å²) in [7, 11) is 3.26. The van der Waals surface area contributed by atoms with Gasteiger partial charge in [-0.1, -0.05) is 78.9 Å². The summed E-state index contributed by atoms with van der Waals surface area (Å²) in [6.45, 7) is 0.109. The molecule has 31 heavy (non-hydrogen) atoms. The highest BCUT2D eigenvalue weighted by atomic mass is 16.5. The van der Waals surface area contributed by atoms with Crippen molar-refractivity contribution in [2.45, 2.75) is 6.54 Å². The monoisotopic (exact) mass is 415 g/mol. The van der Waals surface area contributed by atoms with Gasteiger partial charge in [0, 0.05) is 19.2 Å². The van der Waals surface area contributed by atoms with E-state index in [1.54, 1.807) is 20.2 Å². The summed E-state index contributed by atoms with van der Waals surface area (Å²) in [4.78, 5) is 26.9. The highest BCUT2D eigenvalue weighted by molar-refractivity contribution is 6.22. The van der Waals surface area contributed by atoms with E-state index >= 15 is 0 Å². The second-order valence-electron chi connectivity index (χ2n) is 6.98. The number of nitrogens with zero attached hydrogens (tertiary/aromatic N) is 1. The molecule has 0 atom stereocenters. The smallest absolute Gasteiger partial charge is 0.339 e. The van der Waals surface area contributed by atoms with Crippen molar-refractivity contribution in [1.29, 1.82) is 0 Å². The first kappa shape index (κ1) is 21.8. The van der Waals surface area contributed by atoms with Crippen LogP contribution in [0, 0.1) is 0 Å². The third-order valence-electron chi connectivity index (χ3n) is 4.76. The average Bonchev–Trinajstić information content (AvgIpc) is 2.82. The van der Waals surface area contributed by atoms with E-state index in [-0.39, 0.29) is 12.5 Å². The number of likely N-dealkylation sites (N-methyl/N-ethyl adjacent to an activating group) is 1. The third-order valence-corrected chi connectivity index (χ3v) is 4.76. The summed E-state index contributed by atoms with van der Waals surface area (Å²) >= 11 is 0. The number of amides is 1. The Morgan fingerprint density at radius 1 is 0.871 bits per heavy atom. The number of carbonyl (C=O) groups excluding carboxylic acids is 2. The molecule has 0 aliphatic rings. The number of rotatable bonds is 8. The summed E-state index contributed by atoms with van der Waals surface area (Å²) in [5.74, 6) is -0.206. The lowest BCUT2D eigenvalue weighted by atomic mass is 10.0. The van der Waals surface area contributed by atoms with E-state index in [2.05, 4.69) is 0 Å². The Labute approximate surface area is 182 Å². The summed E-state index contributed by atoms with van der Waals surface area (Å²) in [5.41, 5.74) is 2.80. The zero-order valence-corrected chi connectivity index (χ0v) is 17.7. The number of carbonyl (C=O) groups is 2. The highest BCUT2D eigenvalue weighted by Gasteiger charge is 2.18. The number of para-hydroxylation sites is 1. The van der Waals surface area contributed by atoms with Crippen LogP contribution < -0.4 is 4.74 Å². The molecular weight excluding hydrogens is 390 g/mol. The topological polar surface area (TPSA) is 55.8 Å². The van der Waals surface area contributed by atoms with Gasteiger partial charge < -0.3 is 14.4 Å². The van der Waals surface area contributed by atoms with Gasteiger partial charge in [-0.05, 0) is 23.3 Å². The molecule has 1 amide bonds. The Bertz CT molecular complexity index is 1050. The lowest BCUT2D eigenvalue weighted by Crippen LogP contribution is -2.30. The molecule has 0 bridgehead atoms. The molecule has 0 radical (unpaired) electrons. The first-order valence-corrected chi connectivity index (χ1v) is 9.93. The van der Waals surface area contributed by atoms with E-state index in [4.69, 9.17) is 9.47 Å². The van der Waals surface area contributed by atoms with Gasteiger partial charge in [-0.25, -0.2) is 4.79 Å². The van der Waals surface area contributed by atoms with E-state index < -0.39 is 5.97 Å². The third kappa shape index (κ3) is 6.06. The van der Waals surface area contributed by atoms with Crippen LogP contribution in [-0.4, -0.2) is 37.5 Å². The second-order valence-corrected chi connectivity index (χ2v) is 6.98. The quantitative estimate of drug-likeness (QED) is 0.310. The lowest BCUT2D eigenvalue weighted by molar-refractivity contribution is -0.147. The number of methoxy groups -OCH3 is 1. The fourth-order valence-electron chi connectivity index (χ4n) is 3.08. The van der Waals surface area contributed by atoms with Crippen LogP contribution in [0.3, 0.4) is 0 Å². The Kier molecular flexibility index (Phi) is 7.60. The van der Waals surface area contributed by atoms with Crippen LogP contribution in [0.15, 0.2) is 84.9 Å². The molecule has 3 aromatic rings. The van der Waals surface area contributed by atoms with Crippen molar-refractivity contribution in [3.8, 4) is 5.75 Å². The lowest BCUT2D eigenvalue weighted by Gasteiger charge is -2.17. The van der Waals surface area contributed by atoms with Crippen LogP contribution in [0.5, 0.6) is 5.75 Å². The van der Waals surface area contributed by atoms with Gasteiger partial charge in [-0.15, -0.1) is 0 Å². The highest BCUT2D eigenvalue weighted by Crippen LogP contribution is 2.25. The Hall–Kier alpha value is -3.86. The predicted molar refractivity (Wildman–Crippen MR) is 121 cm³/mol. The summed E-state index contributed by atoms with van der Waals surface area (Å²) in [6, 6.07) is 26.3. The van der Waals surface area contributed by atoms with Gasteiger partial charge in [0.2, 0.25) is 0 Å². The minimum Gasteiger partial charge on any atom is -0.496 e. The molecule has 0 aliphatic heterocycles. The Balaban J connectivity index is 1.75. The molecule has 5 heteroatoms. The van der Waals surface area contributed by atoms with Crippen LogP contribution in [-0.2, 0) is 20.9 Å². The molecule has 0 N–H and O–H groups in total. The zero-order valence-electron chi connectivity index (χ0n) is 17.7. The number of ether oxygens (including phenoxy) is 2. The van der Waals surface area contributed by atoms with E-state index in [9.17, 15) is 9.59 Å². The average molecular weight is 415 g/mol. The standard InChI is InChI=1S/C26H25NO4/c1-27(18-20-11-5-3-6-12-20)25(28)19-31-26(29)23(21-13-7-4-8-14-21)17-22-15-9-10-16-24(22)30-2/h3-17H,18-19H2,1-2H3/b23-17-. The maximum absolute atomic E-state index is 12.9. The van der Waals surface area contributed by atoms with Crippen molar-refractivity contribution in [1.82, 2.24) is 4.90 Å². The molecule has 5 nitrogen and oxygen atoms in total. The zero-order chi connectivity index (χ0) is 22.1. The van der Waals surface area contributed by atoms with Crippen molar-refractivity contribution in [2.24, 2.45) is 0 Å². The fraction of sp³-hybridized carbons (Fsp3) is 0.154. The van der Waals surface area contributed by atoms with Crippen molar-refractivity contribution < 1.29 is 19.1 Å². The summed E-state index contributed by atoms with van der Waals surface area (Å²) in [6.07, 6.45) is 1.72. The largest absolute Gasteiger partial charge is 0.496 e. The van der Waals surface area contributed by atoms with Crippen molar-refractivity contribution in [3.05, 3.63) is 102 Å². The molecule has 0 aliphatic carbocycles. The van der Waals surface area contributed by atoms with Gasteiger partial charge in [0.05, 0.1) is 12.7 Å². The van der Waals surface area contributed by atoms with Crippen LogP contribution in [0.2, 0.25) is 0 Å². The van der Waals surface area contributed by atoms with Gasteiger partial charge in [-0.2, -0.15) is 0 Å². The minimum atomic E-state index is -0.571. The molecule has 0 saturated heterocycles. The van der Waals surface area contributed by atoms with E-state index in [0.29, 0.717) is 23.4 Å². The van der Waals surface area contributed by atoms with Gasteiger partial charge in [-0.3, -0.25) is 4.79 Å². The predicted octanol–water partition coefficient (Wildman–Crippen LogP) is 4.44. The molecule has 0 aromatic heterocycles. The summed E-state index contributed by atoms with van der Waals surface area (Å²) < 4.78 is 10.8. The van der Waals surface area contributed by atoms with Crippen LogP contribution in [0.4, 0.5) is 0 Å². The minimum absolute atomic E-state index is 0.276. The van der Waals surface area contributed by atoms with E-state index in [0.717, 1.165) is 11.1 Å². The molecule has 0 saturated carbocycles. The van der Waals surface area contributed by atoms with Crippen LogP contribution in [0.1, 0.15) is 16.7 Å². The second kappa shape index (κ2) is 10.8. The molecule has 0 fully saturated rings. The number of hydrogen-bond acceptors (Lipinski definition) is 4. The molecule has 0 heterocycles. The SMILES string of the molecule is COc1ccccc1/C=C(\C(=O)OCC(=O)N(C)Cc1ccccc1)c1ccccc1. The maximum atomic E-state index is 12.9. The van der Waals surface area contributed by atoms with Gasteiger partial charge in [0.15, 0.2) is 6.61 Å². The Morgan fingerprint density at radius 3 is 2.16 bits per heavy atom. The molecule has 0 spiro atoms. The van der Waals surface area contributed by atoms with Gasteiger partial charge in [0.25, 0.3) is 5.91 Å². The van der Waals surface area contributed by atoms with E-state index in [1.807, 2.05) is 84.9 Å². The van der Waals surface area contributed by atoms with Gasteiger partial charge in [0.1, 0.15) is 5.75 Å². The first-order chi connectivity index (χ1) is 15.1. The van der Waals surface area contributed by atoms with Crippen LogP contribution >= 0.6 is 0 Å². The van der Waals surface area contributed by atoms with Crippen molar-refractivity contribution in [2.75, 3.05) is 20.8 Å². The molecule has 158 valence electrons. The normalized spacial score (nSPS) is 11.0.